The average molecular weight is 208 g/mol. The van der Waals surface area contributed by atoms with Gasteiger partial charge in [-0.3, -0.25) is 0 Å². The lowest BCUT2D eigenvalue weighted by Gasteiger charge is -2.04. The number of aryl methyl sites for hydroxylation is 1. The standard InChI is InChI=1S/C10H10ClN3/c1-14-6-13-5-10(14)7-2-3-9(12)8(11)4-7/h2-6H,12H2,1H3. The fraction of sp³-hybridized carbons (Fsp3) is 0.100. The first kappa shape index (κ1) is 9.09. The van der Waals surface area contributed by atoms with Crippen molar-refractivity contribution in [1.29, 1.82) is 0 Å². The van der Waals surface area contributed by atoms with Gasteiger partial charge < -0.3 is 10.3 Å². The van der Waals surface area contributed by atoms with Gasteiger partial charge in [0.25, 0.3) is 0 Å². The second-order valence-electron chi connectivity index (χ2n) is 3.13. The maximum absolute atomic E-state index is 5.93. The van der Waals surface area contributed by atoms with Crippen LogP contribution in [-0.4, -0.2) is 9.55 Å². The van der Waals surface area contributed by atoms with Gasteiger partial charge in [0.2, 0.25) is 0 Å². The molecule has 0 bridgehead atoms. The zero-order valence-electron chi connectivity index (χ0n) is 7.74. The minimum atomic E-state index is 0.573. The number of nitrogens with zero attached hydrogens (tertiary/aromatic N) is 2. The summed E-state index contributed by atoms with van der Waals surface area (Å²) in [5.74, 6) is 0. The van der Waals surface area contributed by atoms with Crippen molar-refractivity contribution in [3.63, 3.8) is 0 Å². The number of benzene rings is 1. The molecule has 0 saturated heterocycles. The predicted octanol–water partition coefficient (Wildman–Crippen LogP) is 2.32. The fourth-order valence-electron chi connectivity index (χ4n) is 1.32. The molecular formula is C10H10ClN3. The fourth-order valence-corrected chi connectivity index (χ4v) is 1.50. The van der Waals surface area contributed by atoms with E-state index in [0.717, 1.165) is 11.3 Å². The van der Waals surface area contributed by atoms with E-state index < -0.39 is 0 Å². The van der Waals surface area contributed by atoms with Crippen molar-refractivity contribution >= 4 is 17.3 Å². The van der Waals surface area contributed by atoms with Gasteiger partial charge in [-0.25, -0.2) is 4.98 Å². The Morgan fingerprint density at radius 3 is 2.79 bits per heavy atom. The van der Waals surface area contributed by atoms with Gasteiger partial charge >= 0.3 is 0 Å². The van der Waals surface area contributed by atoms with Crippen LogP contribution in [0.4, 0.5) is 5.69 Å². The SMILES string of the molecule is Cn1cncc1-c1ccc(N)c(Cl)c1. The molecule has 2 N–H and O–H groups in total. The van der Waals surface area contributed by atoms with Crippen molar-refractivity contribution in [2.75, 3.05) is 5.73 Å². The number of imidazole rings is 1. The molecule has 72 valence electrons. The van der Waals surface area contributed by atoms with E-state index in [1.807, 2.05) is 23.7 Å². The van der Waals surface area contributed by atoms with Gasteiger partial charge in [-0.05, 0) is 12.1 Å². The van der Waals surface area contributed by atoms with Gasteiger partial charge in [0.05, 0.1) is 28.9 Å². The molecule has 1 heterocycles. The van der Waals surface area contributed by atoms with Gasteiger partial charge in [-0.1, -0.05) is 17.7 Å². The van der Waals surface area contributed by atoms with Gasteiger partial charge in [0.15, 0.2) is 0 Å². The highest BCUT2D eigenvalue weighted by Crippen LogP contribution is 2.26. The number of hydrogen-bond acceptors (Lipinski definition) is 2. The number of anilines is 1. The molecule has 2 aromatic rings. The van der Waals surface area contributed by atoms with Crippen LogP contribution >= 0.6 is 11.6 Å². The number of nitrogens with two attached hydrogens (primary N) is 1. The molecule has 2 rings (SSSR count). The molecule has 0 aliphatic heterocycles. The zero-order valence-corrected chi connectivity index (χ0v) is 8.49. The van der Waals surface area contributed by atoms with Crippen molar-refractivity contribution in [2.45, 2.75) is 0 Å². The van der Waals surface area contributed by atoms with E-state index in [4.69, 9.17) is 17.3 Å². The number of hydrogen-bond donors (Lipinski definition) is 1. The van der Waals surface area contributed by atoms with E-state index in [-0.39, 0.29) is 0 Å². The Morgan fingerprint density at radius 2 is 2.21 bits per heavy atom. The highest BCUT2D eigenvalue weighted by molar-refractivity contribution is 6.33. The topological polar surface area (TPSA) is 43.8 Å². The number of nitrogen functional groups attached to an aromatic ring is 1. The van der Waals surface area contributed by atoms with E-state index in [0.29, 0.717) is 10.7 Å². The molecule has 1 aromatic heterocycles. The van der Waals surface area contributed by atoms with E-state index in [9.17, 15) is 0 Å². The number of aromatic nitrogens is 2. The quantitative estimate of drug-likeness (QED) is 0.730. The van der Waals surface area contributed by atoms with Crippen molar-refractivity contribution in [3.05, 3.63) is 35.7 Å². The molecule has 0 unspecified atom stereocenters. The summed E-state index contributed by atoms with van der Waals surface area (Å²) in [6, 6.07) is 5.57. The second kappa shape index (κ2) is 3.35. The monoisotopic (exact) mass is 207 g/mol. The lowest BCUT2D eigenvalue weighted by atomic mass is 10.1. The van der Waals surface area contributed by atoms with E-state index in [1.54, 1.807) is 18.6 Å². The van der Waals surface area contributed by atoms with Crippen LogP contribution in [0.5, 0.6) is 0 Å². The Hall–Kier alpha value is -1.48. The van der Waals surface area contributed by atoms with Crippen LogP contribution in [-0.2, 0) is 7.05 Å². The summed E-state index contributed by atoms with van der Waals surface area (Å²) in [7, 11) is 1.94. The summed E-state index contributed by atoms with van der Waals surface area (Å²) in [5.41, 5.74) is 8.26. The molecule has 14 heavy (non-hydrogen) atoms. The molecule has 0 aliphatic rings. The van der Waals surface area contributed by atoms with Crippen LogP contribution in [0, 0.1) is 0 Å². The molecule has 1 aromatic carbocycles. The summed E-state index contributed by atoms with van der Waals surface area (Å²) < 4.78 is 1.93. The first-order chi connectivity index (χ1) is 6.68. The molecular weight excluding hydrogens is 198 g/mol. The lowest BCUT2D eigenvalue weighted by Crippen LogP contribution is -1.91. The number of rotatable bonds is 1. The summed E-state index contributed by atoms with van der Waals surface area (Å²) in [4.78, 5) is 4.04. The van der Waals surface area contributed by atoms with E-state index >= 15 is 0 Å². The summed E-state index contributed by atoms with van der Waals surface area (Å²) in [6.07, 6.45) is 3.54. The third-order valence-corrected chi connectivity index (χ3v) is 2.44. The number of halogens is 1. The molecule has 0 fully saturated rings. The maximum Gasteiger partial charge on any atom is 0.0948 e. The molecule has 0 aliphatic carbocycles. The van der Waals surface area contributed by atoms with Crippen LogP contribution in [0.3, 0.4) is 0 Å². The largest absolute Gasteiger partial charge is 0.398 e. The first-order valence-corrected chi connectivity index (χ1v) is 4.58. The Bertz CT molecular complexity index is 462. The van der Waals surface area contributed by atoms with Gasteiger partial charge in [-0.15, -0.1) is 0 Å². The van der Waals surface area contributed by atoms with Crippen LogP contribution in [0.1, 0.15) is 0 Å². The van der Waals surface area contributed by atoms with Crippen molar-refractivity contribution in [2.24, 2.45) is 7.05 Å². The van der Waals surface area contributed by atoms with Crippen LogP contribution in [0.15, 0.2) is 30.7 Å². The first-order valence-electron chi connectivity index (χ1n) is 4.20. The van der Waals surface area contributed by atoms with Crippen molar-refractivity contribution < 1.29 is 0 Å². The van der Waals surface area contributed by atoms with E-state index in [1.165, 1.54) is 0 Å². The normalized spacial score (nSPS) is 10.4. The molecule has 0 spiro atoms. The van der Waals surface area contributed by atoms with Crippen molar-refractivity contribution in [3.8, 4) is 11.3 Å². The molecule has 3 nitrogen and oxygen atoms in total. The third-order valence-electron chi connectivity index (χ3n) is 2.11. The highest BCUT2D eigenvalue weighted by atomic mass is 35.5. The highest BCUT2D eigenvalue weighted by Gasteiger charge is 2.04. The Labute approximate surface area is 87.1 Å². The molecule has 4 heteroatoms. The Kier molecular flexibility index (Phi) is 2.17. The molecule has 0 saturated carbocycles. The second-order valence-corrected chi connectivity index (χ2v) is 3.53. The van der Waals surface area contributed by atoms with Gasteiger partial charge in [0, 0.05) is 12.6 Å². The summed E-state index contributed by atoms with van der Waals surface area (Å²) in [6.45, 7) is 0. The maximum atomic E-state index is 5.93. The lowest BCUT2D eigenvalue weighted by molar-refractivity contribution is 0.921. The predicted molar refractivity (Wildman–Crippen MR) is 58.1 cm³/mol. The van der Waals surface area contributed by atoms with Crippen LogP contribution in [0.2, 0.25) is 5.02 Å². The molecule has 0 radical (unpaired) electrons. The van der Waals surface area contributed by atoms with Gasteiger partial charge in [0.1, 0.15) is 0 Å². The summed E-state index contributed by atoms with van der Waals surface area (Å²) in [5, 5.41) is 0.573. The molecule has 0 amide bonds. The Balaban J connectivity index is 2.53. The van der Waals surface area contributed by atoms with Crippen molar-refractivity contribution in [1.82, 2.24) is 9.55 Å². The Morgan fingerprint density at radius 1 is 1.43 bits per heavy atom. The minimum Gasteiger partial charge on any atom is -0.398 e. The van der Waals surface area contributed by atoms with Gasteiger partial charge in [-0.2, -0.15) is 0 Å². The van der Waals surface area contributed by atoms with Crippen LogP contribution < -0.4 is 5.73 Å². The summed E-state index contributed by atoms with van der Waals surface area (Å²) >= 11 is 5.93. The molecule has 0 atom stereocenters. The zero-order chi connectivity index (χ0) is 10.1. The third kappa shape index (κ3) is 1.46. The van der Waals surface area contributed by atoms with Crippen LogP contribution in [0.25, 0.3) is 11.3 Å². The minimum absolute atomic E-state index is 0.573. The average Bonchev–Trinajstić information content (AvgIpc) is 2.57. The smallest absolute Gasteiger partial charge is 0.0948 e. The van der Waals surface area contributed by atoms with E-state index in [2.05, 4.69) is 4.98 Å².